The molecule has 0 aliphatic heterocycles. The second-order valence-electron chi connectivity index (χ2n) is 5.22. The number of nitrogens with zero attached hydrogens (tertiary/aromatic N) is 1. The summed E-state index contributed by atoms with van der Waals surface area (Å²) in [5, 5.41) is 0.617. The van der Waals surface area contributed by atoms with Crippen LogP contribution in [0.1, 0.15) is 0 Å². The van der Waals surface area contributed by atoms with E-state index in [0.29, 0.717) is 16.5 Å². The molecule has 0 spiro atoms. The Kier molecular flexibility index (Phi) is 3.36. The van der Waals surface area contributed by atoms with Gasteiger partial charge in [0.2, 0.25) is 5.89 Å². The van der Waals surface area contributed by atoms with E-state index in [1.165, 1.54) is 12.1 Å². The molecule has 0 aliphatic rings. The number of hydrogen-bond donors (Lipinski definition) is 0. The highest BCUT2D eigenvalue weighted by Crippen LogP contribution is 2.28. The van der Waals surface area contributed by atoms with Crippen molar-refractivity contribution in [1.29, 1.82) is 0 Å². The monoisotopic (exact) mass is 323 g/mol. The van der Waals surface area contributed by atoms with Crippen LogP contribution in [0.25, 0.3) is 33.7 Å². The molecule has 0 aliphatic carbocycles. The first-order valence-corrected chi connectivity index (χ1v) is 7.49. The van der Waals surface area contributed by atoms with E-state index in [1.54, 1.807) is 24.3 Å². The standard InChI is InChI=1S/C19H11ClFNO/c20-15-7-10-17-18(11-15)23-19(22-17)14-3-1-12(2-4-14)13-5-8-16(21)9-6-13/h1-11H. The Labute approximate surface area is 137 Å². The molecule has 2 nitrogen and oxygen atoms in total. The van der Waals surface area contributed by atoms with E-state index in [-0.39, 0.29) is 5.82 Å². The van der Waals surface area contributed by atoms with E-state index in [4.69, 9.17) is 16.0 Å². The predicted octanol–water partition coefficient (Wildman–Crippen LogP) is 5.95. The summed E-state index contributed by atoms with van der Waals surface area (Å²) in [6, 6.07) is 19.6. The lowest BCUT2D eigenvalue weighted by atomic mass is 10.0. The fraction of sp³-hybridized carbons (Fsp3) is 0. The third-order valence-electron chi connectivity index (χ3n) is 3.66. The van der Waals surface area contributed by atoms with E-state index < -0.39 is 0 Å². The molecule has 4 aromatic rings. The topological polar surface area (TPSA) is 26.0 Å². The van der Waals surface area contributed by atoms with Gasteiger partial charge in [-0.15, -0.1) is 0 Å². The molecule has 1 aromatic heterocycles. The average Bonchev–Trinajstić information content (AvgIpc) is 2.99. The van der Waals surface area contributed by atoms with Crippen molar-refractivity contribution in [2.75, 3.05) is 0 Å². The molecule has 0 saturated heterocycles. The van der Waals surface area contributed by atoms with Crippen molar-refractivity contribution in [3.63, 3.8) is 0 Å². The van der Waals surface area contributed by atoms with Gasteiger partial charge < -0.3 is 4.42 Å². The van der Waals surface area contributed by atoms with Gasteiger partial charge in [0.25, 0.3) is 0 Å². The van der Waals surface area contributed by atoms with Crippen LogP contribution in [0, 0.1) is 5.82 Å². The second kappa shape index (κ2) is 5.52. The van der Waals surface area contributed by atoms with Gasteiger partial charge in [0.1, 0.15) is 11.3 Å². The van der Waals surface area contributed by atoms with Gasteiger partial charge in [-0.25, -0.2) is 9.37 Å². The maximum absolute atomic E-state index is 13.0. The first-order chi connectivity index (χ1) is 11.2. The average molecular weight is 324 g/mol. The van der Waals surface area contributed by atoms with Crippen molar-refractivity contribution in [3.05, 3.63) is 77.6 Å². The Morgan fingerprint density at radius 1 is 0.783 bits per heavy atom. The van der Waals surface area contributed by atoms with Gasteiger partial charge in [0.05, 0.1) is 0 Å². The summed E-state index contributed by atoms with van der Waals surface area (Å²) >= 11 is 5.96. The van der Waals surface area contributed by atoms with Crippen molar-refractivity contribution < 1.29 is 8.81 Å². The lowest BCUT2D eigenvalue weighted by Crippen LogP contribution is -1.81. The zero-order chi connectivity index (χ0) is 15.8. The zero-order valence-electron chi connectivity index (χ0n) is 12.0. The Hall–Kier alpha value is -2.65. The Morgan fingerprint density at radius 3 is 2.09 bits per heavy atom. The van der Waals surface area contributed by atoms with E-state index in [2.05, 4.69) is 4.98 Å². The summed E-state index contributed by atoms with van der Waals surface area (Å²) in [7, 11) is 0. The van der Waals surface area contributed by atoms with Gasteiger partial charge in [-0.3, -0.25) is 0 Å². The minimum atomic E-state index is -0.240. The molecule has 0 radical (unpaired) electrons. The minimum Gasteiger partial charge on any atom is -0.436 e. The summed E-state index contributed by atoms with van der Waals surface area (Å²) < 4.78 is 18.7. The molecule has 0 saturated carbocycles. The molecule has 3 aromatic carbocycles. The molecular formula is C19H11ClFNO. The molecule has 0 bridgehead atoms. The Balaban J connectivity index is 1.70. The molecule has 0 atom stereocenters. The molecule has 112 valence electrons. The molecule has 1 heterocycles. The summed E-state index contributed by atoms with van der Waals surface area (Å²) in [4.78, 5) is 4.46. The van der Waals surface area contributed by atoms with Crippen LogP contribution in [0.15, 0.2) is 71.1 Å². The number of aromatic nitrogens is 1. The van der Waals surface area contributed by atoms with E-state index >= 15 is 0 Å². The van der Waals surface area contributed by atoms with E-state index in [1.807, 2.05) is 30.3 Å². The van der Waals surface area contributed by atoms with Crippen LogP contribution >= 0.6 is 11.6 Å². The molecule has 0 N–H and O–H groups in total. The number of oxazole rings is 1. The van der Waals surface area contributed by atoms with Gasteiger partial charge in [0.15, 0.2) is 5.58 Å². The maximum Gasteiger partial charge on any atom is 0.227 e. The summed E-state index contributed by atoms with van der Waals surface area (Å²) in [5.41, 5.74) is 4.28. The van der Waals surface area contributed by atoms with Gasteiger partial charge in [-0.2, -0.15) is 0 Å². The van der Waals surface area contributed by atoms with Crippen LogP contribution in [-0.4, -0.2) is 4.98 Å². The Bertz CT molecular complexity index is 975. The lowest BCUT2D eigenvalue weighted by Gasteiger charge is -2.02. The molecule has 4 heteroatoms. The molecule has 4 rings (SSSR count). The van der Waals surface area contributed by atoms with Crippen molar-refractivity contribution in [2.24, 2.45) is 0 Å². The third kappa shape index (κ3) is 2.71. The third-order valence-corrected chi connectivity index (χ3v) is 3.89. The molecule has 0 amide bonds. The molecule has 23 heavy (non-hydrogen) atoms. The predicted molar refractivity (Wildman–Crippen MR) is 89.8 cm³/mol. The number of fused-ring (bicyclic) bond motifs is 1. The first kappa shape index (κ1) is 14.0. The minimum absolute atomic E-state index is 0.240. The highest BCUT2D eigenvalue weighted by Gasteiger charge is 2.09. The van der Waals surface area contributed by atoms with Crippen LogP contribution in [0.4, 0.5) is 4.39 Å². The maximum atomic E-state index is 13.0. The summed E-state index contributed by atoms with van der Waals surface area (Å²) in [5.74, 6) is 0.309. The quantitative estimate of drug-likeness (QED) is 0.455. The first-order valence-electron chi connectivity index (χ1n) is 7.11. The molecular weight excluding hydrogens is 313 g/mol. The zero-order valence-corrected chi connectivity index (χ0v) is 12.7. The van der Waals surface area contributed by atoms with Crippen molar-refractivity contribution in [1.82, 2.24) is 4.98 Å². The molecule has 0 fully saturated rings. The van der Waals surface area contributed by atoms with E-state index in [9.17, 15) is 4.39 Å². The van der Waals surface area contributed by atoms with Crippen LogP contribution in [0.5, 0.6) is 0 Å². The van der Waals surface area contributed by atoms with Gasteiger partial charge in [-0.05, 0) is 47.5 Å². The van der Waals surface area contributed by atoms with Crippen molar-refractivity contribution in [2.45, 2.75) is 0 Å². The normalized spacial score (nSPS) is 11.0. The SMILES string of the molecule is Fc1ccc(-c2ccc(-c3nc4ccc(Cl)cc4o3)cc2)cc1. The van der Waals surface area contributed by atoms with Crippen molar-refractivity contribution in [3.8, 4) is 22.6 Å². The Morgan fingerprint density at radius 2 is 1.39 bits per heavy atom. The van der Waals surface area contributed by atoms with Crippen molar-refractivity contribution >= 4 is 22.7 Å². The van der Waals surface area contributed by atoms with Gasteiger partial charge in [-0.1, -0.05) is 35.9 Å². The van der Waals surface area contributed by atoms with Gasteiger partial charge in [0, 0.05) is 16.7 Å². The second-order valence-corrected chi connectivity index (χ2v) is 5.65. The lowest BCUT2D eigenvalue weighted by molar-refractivity contribution is 0.620. The molecule has 0 unspecified atom stereocenters. The smallest absolute Gasteiger partial charge is 0.227 e. The number of hydrogen-bond acceptors (Lipinski definition) is 2. The fourth-order valence-electron chi connectivity index (χ4n) is 2.47. The number of halogens is 2. The fourth-order valence-corrected chi connectivity index (χ4v) is 2.63. The number of rotatable bonds is 2. The largest absolute Gasteiger partial charge is 0.436 e. The van der Waals surface area contributed by atoms with E-state index in [0.717, 1.165) is 22.2 Å². The summed E-state index contributed by atoms with van der Waals surface area (Å²) in [6.45, 7) is 0. The van der Waals surface area contributed by atoms with Crippen LogP contribution in [0.2, 0.25) is 5.02 Å². The number of benzene rings is 3. The summed E-state index contributed by atoms with van der Waals surface area (Å²) in [6.07, 6.45) is 0. The van der Waals surface area contributed by atoms with Gasteiger partial charge >= 0.3 is 0 Å². The van der Waals surface area contributed by atoms with Crippen LogP contribution in [0.3, 0.4) is 0 Å². The highest BCUT2D eigenvalue weighted by molar-refractivity contribution is 6.31. The highest BCUT2D eigenvalue weighted by atomic mass is 35.5. The van der Waals surface area contributed by atoms with Crippen LogP contribution in [-0.2, 0) is 0 Å². The van der Waals surface area contributed by atoms with Crippen LogP contribution < -0.4 is 0 Å².